The monoisotopic (exact) mass is 462 g/mol. The van der Waals surface area contributed by atoms with Gasteiger partial charge in [0, 0.05) is 5.56 Å². The Morgan fingerprint density at radius 1 is 1.12 bits per heavy atom. The zero-order valence-electron chi connectivity index (χ0n) is 16.5. The normalized spacial score (nSPS) is 22.7. The highest BCUT2D eigenvalue weighted by Crippen LogP contribution is 2.25. The fraction of sp³-hybridized carbons (Fsp3) is 0.421. The van der Waals surface area contributed by atoms with E-state index in [-0.39, 0.29) is 5.56 Å². The minimum atomic E-state index is -5.35. The van der Waals surface area contributed by atoms with Gasteiger partial charge in [-0.2, -0.15) is 13.2 Å². The Bertz CT molecular complexity index is 888. The van der Waals surface area contributed by atoms with Gasteiger partial charge in [0.05, 0.1) is 18.7 Å². The van der Waals surface area contributed by atoms with E-state index in [2.05, 4.69) is 5.32 Å². The van der Waals surface area contributed by atoms with Gasteiger partial charge in [0.15, 0.2) is 0 Å². The third-order valence-electron chi connectivity index (χ3n) is 4.63. The van der Waals surface area contributed by atoms with Crippen molar-refractivity contribution >= 4 is 17.8 Å². The molecule has 1 aromatic rings. The van der Waals surface area contributed by atoms with E-state index in [1.807, 2.05) is 0 Å². The maximum absolute atomic E-state index is 12.9. The number of alkyl halides is 3. The molecule has 0 radical (unpaired) electrons. The van der Waals surface area contributed by atoms with Crippen LogP contribution in [-0.2, 0) is 14.3 Å². The molecular formula is C19H21F3N2O8. The third-order valence-corrected chi connectivity index (χ3v) is 4.63. The van der Waals surface area contributed by atoms with Crippen molar-refractivity contribution < 1.29 is 52.7 Å². The molecule has 0 bridgehead atoms. The molecule has 32 heavy (non-hydrogen) atoms. The molecule has 5 atom stereocenters. The highest BCUT2D eigenvalue weighted by atomic mass is 19.4. The first-order valence-corrected chi connectivity index (χ1v) is 9.19. The van der Waals surface area contributed by atoms with E-state index in [1.165, 1.54) is 12.1 Å². The molecule has 0 spiro atoms. The quantitative estimate of drug-likeness (QED) is 0.307. The summed E-state index contributed by atoms with van der Waals surface area (Å²) in [5, 5.41) is 42.1. The summed E-state index contributed by atoms with van der Waals surface area (Å²) in [6, 6.07) is 2.54. The number of hydrogen-bond acceptors (Lipinski definition) is 7. The van der Waals surface area contributed by atoms with Crippen LogP contribution < -0.4 is 10.6 Å². The van der Waals surface area contributed by atoms with Gasteiger partial charge in [0.2, 0.25) is 5.76 Å². The van der Waals surface area contributed by atoms with Crippen LogP contribution >= 0.6 is 0 Å². The molecule has 0 saturated heterocycles. The Labute approximate surface area is 179 Å². The van der Waals surface area contributed by atoms with Crippen molar-refractivity contribution in [3.05, 3.63) is 47.2 Å². The summed E-state index contributed by atoms with van der Waals surface area (Å²) >= 11 is 0. The average molecular weight is 462 g/mol. The number of rotatable bonds is 7. The summed E-state index contributed by atoms with van der Waals surface area (Å²) in [7, 11) is 0. The Kier molecular flexibility index (Phi) is 7.83. The van der Waals surface area contributed by atoms with Gasteiger partial charge in [-0.1, -0.05) is 17.7 Å². The number of aliphatic hydroxyl groups excluding tert-OH is 3. The first-order chi connectivity index (χ1) is 14.8. The molecular weight excluding hydrogens is 441 g/mol. The van der Waals surface area contributed by atoms with Crippen LogP contribution in [0.5, 0.6) is 0 Å². The molecule has 0 unspecified atom stereocenters. The van der Waals surface area contributed by atoms with Gasteiger partial charge in [-0.25, -0.2) is 4.79 Å². The van der Waals surface area contributed by atoms with E-state index in [1.54, 1.807) is 24.4 Å². The largest absolute Gasteiger partial charge is 0.478 e. The number of nitrogens with one attached hydrogen (secondary N) is 2. The molecule has 1 heterocycles. The maximum Gasteiger partial charge on any atom is 0.471 e. The number of carbonyl (C=O) groups excluding carboxylic acids is 2. The van der Waals surface area contributed by atoms with Crippen LogP contribution in [0.3, 0.4) is 0 Å². The highest BCUT2D eigenvalue weighted by Gasteiger charge is 2.48. The zero-order chi connectivity index (χ0) is 24.2. The molecule has 2 rings (SSSR count). The van der Waals surface area contributed by atoms with Gasteiger partial charge in [-0.15, -0.1) is 0 Å². The van der Waals surface area contributed by atoms with Crippen LogP contribution in [0, 0.1) is 6.92 Å². The second-order valence-corrected chi connectivity index (χ2v) is 7.02. The second kappa shape index (κ2) is 9.97. The standard InChI is InChI=1S/C19H21F3N2O8/c1-8-2-4-9(5-3-8)16(28)23-10-6-12(17(29)30)32-15(14(27)11(26)7-25)13(10)24-18(31)19(20,21)22/h2-6,10-11,13-15,25-27H,7H2,1H3,(H,23,28)(H,24,31)(H,29,30)/t10-,11+,13+,14+,15+/m0/s1. The Morgan fingerprint density at radius 2 is 1.72 bits per heavy atom. The van der Waals surface area contributed by atoms with E-state index < -0.39 is 66.7 Å². The number of aliphatic carboxylic acids is 1. The fourth-order valence-corrected chi connectivity index (χ4v) is 2.94. The molecule has 1 aromatic carbocycles. The van der Waals surface area contributed by atoms with Crippen LogP contribution in [0.15, 0.2) is 36.1 Å². The number of halogens is 3. The minimum Gasteiger partial charge on any atom is -0.478 e. The SMILES string of the molecule is Cc1ccc(C(=O)N[C@H]2C=C(C(=O)O)O[C@@H]([C@H](O)[C@H](O)CO)[C@@H]2NC(=O)C(F)(F)F)cc1. The predicted molar refractivity (Wildman–Crippen MR) is 100 cm³/mol. The first kappa shape index (κ1) is 25.1. The number of amides is 2. The second-order valence-electron chi connectivity index (χ2n) is 7.02. The van der Waals surface area contributed by atoms with Gasteiger partial charge >= 0.3 is 18.1 Å². The molecule has 1 aliphatic rings. The van der Waals surface area contributed by atoms with E-state index in [9.17, 15) is 42.9 Å². The highest BCUT2D eigenvalue weighted by molar-refractivity contribution is 5.95. The van der Waals surface area contributed by atoms with Gasteiger partial charge in [0.1, 0.15) is 18.3 Å². The Morgan fingerprint density at radius 3 is 2.22 bits per heavy atom. The fourth-order valence-electron chi connectivity index (χ4n) is 2.94. The lowest BCUT2D eigenvalue weighted by Crippen LogP contribution is -2.65. The van der Waals surface area contributed by atoms with Crippen molar-refractivity contribution in [1.82, 2.24) is 10.6 Å². The molecule has 2 amide bonds. The number of aliphatic hydroxyl groups is 3. The van der Waals surface area contributed by atoms with Crippen molar-refractivity contribution in [1.29, 1.82) is 0 Å². The maximum atomic E-state index is 12.9. The number of carboxylic acid groups (broad SMARTS) is 1. The lowest BCUT2D eigenvalue weighted by Gasteiger charge is -2.40. The molecule has 176 valence electrons. The Hall–Kier alpha value is -3.16. The first-order valence-electron chi connectivity index (χ1n) is 9.19. The van der Waals surface area contributed by atoms with Gasteiger partial charge < -0.3 is 35.8 Å². The van der Waals surface area contributed by atoms with E-state index >= 15 is 0 Å². The number of ether oxygens (including phenoxy) is 1. The topological polar surface area (TPSA) is 165 Å². The van der Waals surface area contributed by atoms with Crippen molar-refractivity contribution in [2.75, 3.05) is 6.61 Å². The van der Waals surface area contributed by atoms with Crippen molar-refractivity contribution in [2.24, 2.45) is 0 Å². The van der Waals surface area contributed by atoms with E-state index in [0.717, 1.165) is 11.6 Å². The molecule has 0 saturated carbocycles. The van der Waals surface area contributed by atoms with Crippen LogP contribution in [-0.4, -0.2) is 81.4 Å². The molecule has 0 fully saturated rings. The molecule has 1 aliphatic heterocycles. The van der Waals surface area contributed by atoms with Crippen LogP contribution in [0.2, 0.25) is 0 Å². The van der Waals surface area contributed by atoms with Crippen molar-refractivity contribution in [3.8, 4) is 0 Å². The minimum absolute atomic E-state index is 0.0840. The Balaban J connectivity index is 2.45. The molecule has 13 heteroatoms. The van der Waals surface area contributed by atoms with Crippen LogP contribution in [0.25, 0.3) is 0 Å². The number of benzene rings is 1. The number of aryl methyl sites for hydroxylation is 1. The van der Waals surface area contributed by atoms with Crippen LogP contribution in [0.1, 0.15) is 15.9 Å². The average Bonchev–Trinajstić information content (AvgIpc) is 2.73. The number of hydrogen-bond donors (Lipinski definition) is 6. The molecule has 6 N–H and O–H groups in total. The lowest BCUT2D eigenvalue weighted by atomic mass is 9.91. The summed E-state index contributed by atoms with van der Waals surface area (Å²) in [5.74, 6) is -5.81. The van der Waals surface area contributed by atoms with Crippen molar-refractivity contribution in [2.45, 2.75) is 43.5 Å². The zero-order valence-corrected chi connectivity index (χ0v) is 16.5. The van der Waals surface area contributed by atoms with Crippen molar-refractivity contribution in [3.63, 3.8) is 0 Å². The van der Waals surface area contributed by atoms with Gasteiger partial charge in [-0.05, 0) is 25.1 Å². The van der Waals surface area contributed by atoms with Crippen LogP contribution in [0.4, 0.5) is 13.2 Å². The van der Waals surface area contributed by atoms with Gasteiger partial charge in [-0.3, -0.25) is 9.59 Å². The summed E-state index contributed by atoms with van der Waals surface area (Å²) in [6.45, 7) is 0.705. The number of carboxylic acids is 1. The summed E-state index contributed by atoms with van der Waals surface area (Å²) in [4.78, 5) is 35.6. The van der Waals surface area contributed by atoms with E-state index in [4.69, 9.17) is 9.84 Å². The lowest BCUT2D eigenvalue weighted by molar-refractivity contribution is -0.177. The summed E-state index contributed by atoms with van der Waals surface area (Å²) in [5.41, 5.74) is 0.901. The van der Waals surface area contributed by atoms with E-state index in [0.29, 0.717) is 0 Å². The molecule has 10 nitrogen and oxygen atoms in total. The summed E-state index contributed by atoms with van der Waals surface area (Å²) < 4.78 is 43.6. The molecule has 0 aromatic heterocycles. The predicted octanol–water partition coefficient (Wildman–Crippen LogP) is -0.778. The smallest absolute Gasteiger partial charge is 0.471 e. The number of carbonyl (C=O) groups is 3. The summed E-state index contributed by atoms with van der Waals surface area (Å²) in [6.07, 6.45) is -10.6. The molecule has 0 aliphatic carbocycles. The third kappa shape index (κ3) is 5.96. The van der Waals surface area contributed by atoms with Gasteiger partial charge in [0.25, 0.3) is 5.91 Å².